The van der Waals surface area contributed by atoms with Crippen molar-refractivity contribution in [3.05, 3.63) is 35.9 Å². The van der Waals surface area contributed by atoms with Crippen LogP contribution >= 0.6 is 11.8 Å². The molecule has 0 aromatic heterocycles. The molecule has 0 atom stereocenters. The Kier molecular flexibility index (Phi) is 9.61. The molecule has 3 N–H and O–H groups in total. The van der Waals surface area contributed by atoms with E-state index in [-0.39, 0.29) is 0 Å². The molecule has 0 saturated carbocycles. The number of nitrogens with two attached hydrogens (primary N) is 1. The predicted octanol–water partition coefficient (Wildman–Crippen LogP) is 3.00. The average Bonchev–Trinajstić information content (AvgIpc) is 2.25. The van der Waals surface area contributed by atoms with Gasteiger partial charge < -0.3 is 10.8 Å². The molecule has 0 fully saturated rings. The van der Waals surface area contributed by atoms with Crippen molar-refractivity contribution in [1.82, 2.24) is 0 Å². The second kappa shape index (κ2) is 10.4. The van der Waals surface area contributed by atoms with Crippen molar-refractivity contribution in [2.75, 3.05) is 12.0 Å². The molecule has 0 aliphatic carbocycles. The summed E-state index contributed by atoms with van der Waals surface area (Å²) in [5, 5.41) is 7.19. The van der Waals surface area contributed by atoms with Gasteiger partial charge in [0, 0.05) is 0 Å². The molecule has 0 aliphatic rings. The zero-order valence-corrected chi connectivity index (χ0v) is 10.4. The van der Waals surface area contributed by atoms with Gasteiger partial charge >= 0.3 is 6.09 Å². The van der Waals surface area contributed by atoms with Gasteiger partial charge in [-0.1, -0.05) is 30.3 Å². The number of carbonyl (C=O) groups is 1. The normalized spacial score (nSPS) is 9.06. The SMILES string of the molecule is CSCCCCc1ccccc1.NC(=O)O. The number of amides is 1. The Balaban J connectivity index is 0.000000487. The van der Waals surface area contributed by atoms with Crippen LogP contribution in [-0.2, 0) is 6.42 Å². The van der Waals surface area contributed by atoms with E-state index < -0.39 is 6.09 Å². The molecule has 4 heteroatoms. The van der Waals surface area contributed by atoms with Crippen molar-refractivity contribution < 1.29 is 9.90 Å². The van der Waals surface area contributed by atoms with Crippen molar-refractivity contribution in [3.8, 4) is 0 Å². The molecule has 0 unspecified atom stereocenters. The van der Waals surface area contributed by atoms with Crippen LogP contribution < -0.4 is 5.73 Å². The van der Waals surface area contributed by atoms with Gasteiger partial charge in [0.2, 0.25) is 0 Å². The smallest absolute Gasteiger partial charge is 0.402 e. The number of aryl methyl sites for hydroxylation is 1. The largest absolute Gasteiger partial charge is 0.465 e. The molecule has 1 rings (SSSR count). The first-order chi connectivity index (χ1) is 7.66. The molecular formula is C12H19NO2S. The Morgan fingerprint density at radius 2 is 1.88 bits per heavy atom. The van der Waals surface area contributed by atoms with Gasteiger partial charge in [0.05, 0.1) is 0 Å². The maximum absolute atomic E-state index is 8.78. The van der Waals surface area contributed by atoms with E-state index in [9.17, 15) is 0 Å². The van der Waals surface area contributed by atoms with Crippen molar-refractivity contribution in [2.24, 2.45) is 5.73 Å². The van der Waals surface area contributed by atoms with Crippen LogP contribution in [0.3, 0.4) is 0 Å². The molecule has 0 aliphatic heterocycles. The minimum Gasteiger partial charge on any atom is -0.465 e. The fourth-order valence-electron chi connectivity index (χ4n) is 1.22. The van der Waals surface area contributed by atoms with Crippen LogP contribution in [-0.4, -0.2) is 23.2 Å². The first-order valence-corrected chi connectivity index (χ1v) is 6.57. The lowest BCUT2D eigenvalue weighted by atomic mass is 10.1. The number of carboxylic acid groups (broad SMARTS) is 1. The fourth-order valence-corrected chi connectivity index (χ4v) is 1.71. The Hall–Kier alpha value is -1.16. The second-order valence-corrected chi connectivity index (χ2v) is 4.26. The maximum Gasteiger partial charge on any atom is 0.402 e. The first-order valence-electron chi connectivity index (χ1n) is 5.18. The van der Waals surface area contributed by atoms with Gasteiger partial charge in [0.25, 0.3) is 0 Å². The number of benzene rings is 1. The topological polar surface area (TPSA) is 63.3 Å². The van der Waals surface area contributed by atoms with Crippen molar-refractivity contribution in [2.45, 2.75) is 19.3 Å². The summed E-state index contributed by atoms with van der Waals surface area (Å²) in [5.41, 5.74) is 5.50. The maximum atomic E-state index is 8.78. The summed E-state index contributed by atoms with van der Waals surface area (Å²) in [4.78, 5) is 8.78. The number of rotatable bonds is 5. The van der Waals surface area contributed by atoms with Gasteiger partial charge in [-0.3, -0.25) is 0 Å². The molecule has 3 nitrogen and oxygen atoms in total. The van der Waals surface area contributed by atoms with Gasteiger partial charge in [-0.2, -0.15) is 11.8 Å². The summed E-state index contributed by atoms with van der Waals surface area (Å²) in [7, 11) is 0. The molecule has 1 aromatic carbocycles. The molecule has 1 amide bonds. The third kappa shape index (κ3) is 10.9. The number of hydrogen-bond acceptors (Lipinski definition) is 2. The summed E-state index contributed by atoms with van der Waals surface area (Å²) < 4.78 is 0. The van der Waals surface area contributed by atoms with Crippen molar-refractivity contribution >= 4 is 17.9 Å². The highest BCUT2D eigenvalue weighted by atomic mass is 32.2. The lowest BCUT2D eigenvalue weighted by Gasteiger charge is -1.99. The number of primary amides is 1. The molecule has 90 valence electrons. The van der Waals surface area contributed by atoms with Crippen LogP contribution in [0.25, 0.3) is 0 Å². The molecule has 0 radical (unpaired) electrons. The Morgan fingerprint density at radius 3 is 2.38 bits per heavy atom. The van der Waals surface area contributed by atoms with Crippen LogP contribution in [0.1, 0.15) is 18.4 Å². The second-order valence-electron chi connectivity index (χ2n) is 3.27. The molecule has 1 aromatic rings. The van der Waals surface area contributed by atoms with E-state index in [0.29, 0.717) is 0 Å². The van der Waals surface area contributed by atoms with Gasteiger partial charge in [-0.05, 0) is 36.8 Å². The number of thioether (sulfide) groups is 1. The van der Waals surface area contributed by atoms with E-state index in [1.54, 1.807) is 0 Å². The van der Waals surface area contributed by atoms with E-state index in [2.05, 4.69) is 42.3 Å². The summed E-state index contributed by atoms with van der Waals surface area (Å²) >= 11 is 1.94. The highest BCUT2D eigenvalue weighted by Crippen LogP contribution is 2.06. The monoisotopic (exact) mass is 241 g/mol. The Bertz CT molecular complexity index is 274. The minimum absolute atomic E-state index is 1.24. The molecule has 0 heterocycles. The molecule has 0 bridgehead atoms. The quantitative estimate of drug-likeness (QED) is 0.779. The van der Waals surface area contributed by atoms with Gasteiger partial charge in [-0.15, -0.1) is 0 Å². The van der Waals surface area contributed by atoms with Crippen LogP contribution in [0, 0.1) is 0 Å². The van der Waals surface area contributed by atoms with Gasteiger partial charge in [-0.25, -0.2) is 4.79 Å². The standard InChI is InChI=1S/C11H16S.CH3NO2/c1-12-10-6-5-9-11-7-3-2-4-8-11;2-1(3)4/h2-4,7-8H,5-6,9-10H2,1H3;2H2,(H,3,4). The third-order valence-corrected chi connectivity index (χ3v) is 2.60. The highest BCUT2D eigenvalue weighted by molar-refractivity contribution is 7.98. The predicted molar refractivity (Wildman–Crippen MR) is 70.0 cm³/mol. The zero-order chi connectivity index (χ0) is 12.2. The zero-order valence-electron chi connectivity index (χ0n) is 9.56. The van der Waals surface area contributed by atoms with E-state index in [4.69, 9.17) is 9.90 Å². The molecule has 0 saturated heterocycles. The van der Waals surface area contributed by atoms with Crippen LogP contribution in [0.2, 0.25) is 0 Å². The summed E-state index contributed by atoms with van der Waals surface area (Å²) in [6.07, 6.45) is 4.74. The number of hydrogen-bond donors (Lipinski definition) is 2. The van der Waals surface area contributed by atoms with E-state index in [0.717, 1.165) is 0 Å². The molecular weight excluding hydrogens is 222 g/mol. The Morgan fingerprint density at radius 1 is 1.31 bits per heavy atom. The molecule has 0 spiro atoms. The van der Waals surface area contributed by atoms with Crippen LogP contribution in [0.15, 0.2) is 30.3 Å². The van der Waals surface area contributed by atoms with E-state index >= 15 is 0 Å². The van der Waals surface area contributed by atoms with E-state index in [1.807, 2.05) is 11.8 Å². The summed E-state index contributed by atoms with van der Waals surface area (Å²) in [5.74, 6) is 1.30. The average molecular weight is 241 g/mol. The third-order valence-electron chi connectivity index (χ3n) is 1.91. The molecule has 16 heavy (non-hydrogen) atoms. The van der Waals surface area contributed by atoms with Gasteiger partial charge in [0.1, 0.15) is 0 Å². The fraction of sp³-hybridized carbons (Fsp3) is 0.417. The highest BCUT2D eigenvalue weighted by Gasteiger charge is 1.90. The lowest BCUT2D eigenvalue weighted by Crippen LogP contribution is -2.03. The van der Waals surface area contributed by atoms with Crippen molar-refractivity contribution in [1.29, 1.82) is 0 Å². The number of unbranched alkanes of at least 4 members (excludes halogenated alkanes) is 1. The van der Waals surface area contributed by atoms with Crippen LogP contribution in [0.4, 0.5) is 4.79 Å². The summed E-state index contributed by atoms with van der Waals surface area (Å²) in [6.45, 7) is 0. The first kappa shape index (κ1) is 14.8. The van der Waals surface area contributed by atoms with E-state index in [1.165, 1.54) is 30.6 Å². The lowest BCUT2D eigenvalue weighted by molar-refractivity contribution is 0.205. The minimum atomic E-state index is -1.33. The van der Waals surface area contributed by atoms with Crippen LogP contribution in [0.5, 0.6) is 0 Å². The van der Waals surface area contributed by atoms with Crippen molar-refractivity contribution in [3.63, 3.8) is 0 Å². The van der Waals surface area contributed by atoms with Gasteiger partial charge in [0.15, 0.2) is 0 Å². The summed E-state index contributed by atoms with van der Waals surface area (Å²) in [6, 6.07) is 10.7. The Labute approximate surface area is 101 Å².